The standard InChI is InChI=1S/C27H31N5O5S2/c1-18(2)22(23(29-25-30-31-26(38)39-25)36-16-19-10-5-3-6-11-19)32(24(34)21(28)14-9-15-33)27(35)37-17-20-12-7-4-8-13-20/h3-8,10-13,15,18,21-22H,9,14,16-17,28H2,1-2H3,(H,31,38)/t21-,22-/m0/s1. The first kappa shape index (κ1) is 29.8. The Morgan fingerprint density at radius 2 is 1.67 bits per heavy atom. The number of hydrogen-bond donors (Lipinski definition) is 2. The number of rotatable bonds is 12. The number of carbonyl (C=O) groups is 3. The van der Waals surface area contributed by atoms with Crippen LogP contribution in [0.1, 0.15) is 37.8 Å². The largest absolute Gasteiger partial charge is 0.474 e. The first-order valence-corrected chi connectivity index (χ1v) is 13.6. The second-order valence-corrected chi connectivity index (χ2v) is 10.6. The van der Waals surface area contributed by atoms with Crippen LogP contribution >= 0.6 is 23.6 Å². The van der Waals surface area contributed by atoms with E-state index in [0.717, 1.165) is 27.4 Å². The molecule has 0 spiro atoms. The highest BCUT2D eigenvalue weighted by atomic mass is 32.1. The molecule has 2 atom stereocenters. The van der Waals surface area contributed by atoms with Crippen LogP contribution in [0.25, 0.3) is 0 Å². The summed E-state index contributed by atoms with van der Waals surface area (Å²) in [4.78, 5) is 43.6. The minimum Gasteiger partial charge on any atom is -0.474 e. The van der Waals surface area contributed by atoms with Gasteiger partial charge < -0.3 is 20.0 Å². The van der Waals surface area contributed by atoms with Gasteiger partial charge in [0.2, 0.25) is 16.9 Å². The summed E-state index contributed by atoms with van der Waals surface area (Å²) in [5.41, 5.74) is 7.74. The normalized spacial score (nSPS) is 13.0. The van der Waals surface area contributed by atoms with Gasteiger partial charge in [-0.1, -0.05) is 85.8 Å². The lowest BCUT2D eigenvalue weighted by Gasteiger charge is -2.33. The second-order valence-electron chi connectivity index (χ2n) is 8.91. The smallest absolute Gasteiger partial charge is 0.417 e. The summed E-state index contributed by atoms with van der Waals surface area (Å²) in [7, 11) is 0. The topological polar surface area (TPSA) is 140 Å². The highest BCUT2D eigenvalue weighted by molar-refractivity contribution is 7.73. The SMILES string of the molecule is CC(C)[C@@H](C(=Nc1n[nH]c(=S)s1)OCc1ccccc1)N(C(=O)OCc1ccccc1)C(=O)[C@@H](N)CCC=O. The molecular weight excluding hydrogens is 538 g/mol. The van der Waals surface area contributed by atoms with E-state index >= 15 is 0 Å². The van der Waals surface area contributed by atoms with E-state index < -0.39 is 24.1 Å². The number of carbonyl (C=O) groups excluding carboxylic acids is 3. The predicted octanol–water partition coefficient (Wildman–Crippen LogP) is 4.94. The fourth-order valence-corrected chi connectivity index (χ4v) is 4.41. The van der Waals surface area contributed by atoms with Crippen LogP contribution in [-0.2, 0) is 32.3 Å². The van der Waals surface area contributed by atoms with Crippen molar-refractivity contribution in [2.75, 3.05) is 0 Å². The van der Waals surface area contributed by atoms with Gasteiger partial charge in [-0.25, -0.2) is 9.69 Å². The molecule has 12 heteroatoms. The number of aldehydes is 1. The summed E-state index contributed by atoms with van der Waals surface area (Å²) < 4.78 is 12.1. The summed E-state index contributed by atoms with van der Waals surface area (Å²) in [6.07, 6.45) is -0.108. The van der Waals surface area contributed by atoms with Crippen molar-refractivity contribution < 1.29 is 23.9 Å². The van der Waals surface area contributed by atoms with Gasteiger partial charge in [-0.15, -0.1) is 5.10 Å². The summed E-state index contributed by atoms with van der Waals surface area (Å²) >= 11 is 6.26. The molecule has 1 heterocycles. The quantitative estimate of drug-likeness (QED) is 0.135. The average Bonchev–Trinajstić information content (AvgIpc) is 3.36. The number of amides is 2. The third-order valence-corrected chi connectivity index (χ3v) is 6.56. The monoisotopic (exact) mass is 569 g/mol. The number of ether oxygens (including phenoxy) is 2. The van der Waals surface area contributed by atoms with Crippen molar-refractivity contribution in [3.63, 3.8) is 0 Å². The number of aliphatic imine (C=N–C) groups is 1. The van der Waals surface area contributed by atoms with Crippen LogP contribution < -0.4 is 5.73 Å². The Labute approximate surface area is 235 Å². The molecule has 0 saturated carbocycles. The van der Waals surface area contributed by atoms with Gasteiger partial charge in [0.05, 0.1) is 6.04 Å². The van der Waals surface area contributed by atoms with Gasteiger partial charge >= 0.3 is 6.09 Å². The third-order valence-electron chi connectivity index (χ3n) is 5.58. The molecule has 0 aliphatic heterocycles. The molecule has 39 heavy (non-hydrogen) atoms. The Balaban J connectivity index is 2.01. The molecule has 2 aromatic carbocycles. The number of imide groups is 1. The van der Waals surface area contributed by atoms with Crippen LogP contribution in [0.4, 0.5) is 9.93 Å². The summed E-state index contributed by atoms with van der Waals surface area (Å²) in [6.45, 7) is 3.70. The van der Waals surface area contributed by atoms with Crippen molar-refractivity contribution in [1.82, 2.24) is 15.1 Å². The van der Waals surface area contributed by atoms with Gasteiger partial charge in [0.1, 0.15) is 25.5 Å². The van der Waals surface area contributed by atoms with Gasteiger partial charge in [-0.2, -0.15) is 4.99 Å². The van der Waals surface area contributed by atoms with Gasteiger partial charge in [0.15, 0.2) is 3.95 Å². The number of benzene rings is 2. The number of nitrogens with two attached hydrogens (primary N) is 1. The van der Waals surface area contributed by atoms with Gasteiger partial charge in [0.25, 0.3) is 0 Å². The van der Waals surface area contributed by atoms with Crippen LogP contribution in [-0.4, -0.2) is 51.4 Å². The Morgan fingerprint density at radius 3 is 2.18 bits per heavy atom. The average molecular weight is 570 g/mol. The molecule has 10 nitrogen and oxygen atoms in total. The number of H-pyrrole nitrogens is 1. The highest BCUT2D eigenvalue weighted by Crippen LogP contribution is 2.23. The lowest BCUT2D eigenvalue weighted by Crippen LogP contribution is -2.56. The Bertz CT molecular complexity index is 1310. The Morgan fingerprint density at radius 1 is 1.08 bits per heavy atom. The maximum Gasteiger partial charge on any atom is 0.417 e. The Hall–Kier alpha value is -3.74. The van der Waals surface area contributed by atoms with Crippen molar-refractivity contribution in [2.45, 2.75) is 52.0 Å². The number of aromatic amines is 1. The van der Waals surface area contributed by atoms with Crippen molar-refractivity contribution in [3.05, 3.63) is 75.7 Å². The molecule has 0 radical (unpaired) electrons. The molecule has 1 aromatic heterocycles. The fraction of sp³-hybridized carbons (Fsp3) is 0.333. The molecule has 0 bridgehead atoms. The van der Waals surface area contributed by atoms with Crippen LogP contribution in [0, 0.1) is 9.87 Å². The van der Waals surface area contributed by atoms with E-state index in [4.69, 9.17) is 27.4 Å². The molecule has 206 valence electrons. The minimum atomic E-state index is -1.12. The highest BCUT2D eigenvalue weighted by Gasteiger charge is 2.40. The Kier molecular flexibility index (Phi) is 11.5. The number of nitrogens with zero attached hydrogens (tertiary/aromatic N) is 3. The molecule has 2 amide bonds. The first-order valence-electron chi connectivity index (χ1n) is 12.3. The van der Waals surface area contributed by atoms with Crippen LogP contribution in [0.3, 0.4) is 0 Å². The molecule has 3 aromatic rings. The zero-order valence-corrected chi connectivity index (χ0v) is 23.3. The van der Waals surface area contributed by atoms with E-state index in [-0.39, 0.29) is 43.0 Å². The molecule has 0 unspecified atom stereocenters. The van der Waals surface area contributed by atoms with Crippen molar-refractivity contribution in [1.29, 1.82) is 0 Å². The van der Waals surface area contributed by atoms with Crippen LogP contribution in [0.5, 0.6) is 0 Å². The molecular formula is C27H31N5O5S2. The number of hydrogen-bond acceptors (Lipinski definition) is 10. The first-order chi connectivity index (χ1) is 18.8. The van der Waals surface area contributed by atoms with E-state index in [1.807, 2.05) is 62.4 Å². The summed E-state index contributed by atoms with van der Waals surface area (Å²) in [5.74, 6) is -1.00. The van der Waals surface area contributed by atoms with Gasteiger partial charge in [-0.3, -0.25) is 9.89 Å². The summed E-state index contributed by atoms with van der Waals surface area (Å²) in [5, 5.41) is 7.03. The van der Waals surface area contributed by atoms with E-state index in [1.54, 1.807) is 12.1 Å². The van der Waals surface area contributed by atoms with E-state index in [1.165, 1.54) is 0 Å². The third kappa shape index (κ3) is 8.91. The zero-order valence-electron chi connectivity index (χ0n) is 21.7. The zero-order chi connectivity index (χ0) is 28.2. The van der Waals surface area contributed by atoms with Gasteiger partial charge in [-0.05, 0) is 35.7 Å². The number of aromatic nitrogens is 2. The van der Waals surface area contributed by atoms with Gasteiger partial charge in [0, 0.05) is 6.42 Å². The molecule has 0 fully saturated rings. The molecule has 0 saturated heterocycles. The fourth-order valence-electron chi connectivity index (χ4n) is 3.65. The second kappa shape index (κ2) is 15.0. The predicted molar refractivity (Wildman–Crippen MR) is 151 cm³/mol. The molecule has 3 N–H and O–H groups in total. The molecule has 0 aliphatic rings. The lowest BCUT2D eigenvalue weighted by atomic mass is 10.0. The number of nitrogens with one attached hydrogen (secondary N) is 1. The maximum atomic E-state index is 13.6. The minimum absolute atomic E-state index is 0.0596. The van der Waals surface area contributed by atoms with E-state index in [9.17, 15) is 14.4 Å². The van der Waals surface area contributed by atoms with Crippen molar-refractivity contribution in [3.8, 4) is 0 Å². The summed E-state index contributed by atoms with van der Waals surface area (Å²) in [6, 6.07) is 16.4. The molecule has 0 aliphatic carbocycles. The molecule has 3 rings (SSSR count). The van der Waals surface area contributed by atoms with Crippen LogP contribution in [0.15, 0.2) is 65.7 Å². The van der Waals surface area contributed by atoms with E-state index in [0.29, 0.717) is 10.2 Å². The lowest BCUT2D eigenvalue weighted by molar-refractivity contribution is -0.133. The maximum absolute atomic E-state index is 13.6. The van der Waals surface area contributed by atoms with Crippen LogP contribution in [0.2, 0.25) is 0 Å². The van der Waals surface area contributed by atoms with Crippen molar-refractivity contribution >= 4 is 52.9 Å². The van der Waals surface area contributed by atoms with E-state index in [2.05, 4.69) is 15.2 Å². The van der Waals surface area contributed by atoms with Crippen molar-refractivity contribution in [2.24, 2.45) is 16.6 Å².